The van der Waals surface area contributed by atoms with E-state index in [9.17, 15) is 0 Å². The number of nitrogens with one attached hydrogen (secondary N) is 1. The number of pyridine rings is 1. The molecule has 1 aliphatic heterocycles. The van der Waals surface area contributed by atoms with Gasteiger partial charge >= 0.3 is 0 Å². The minimum absolute atomic E-state index is 0.387. The molecule has 1 aromatic heterocycles. The monoisotopic (exact) mass is 268 g/mol. The molecule has 0 spiro atoms. The van der Waals surface area contributed by atoms with E-state index in [1.54, 1.807) is 0 Å². The molecule has 0 amide bonds. The number of hydrogen-bond donors (Lipinski definition) is 1. The predicted octanol–water partition coefficient (Wildman–Crippen LogP) is 2.46. The molecule has 2 aromatic rings. The second-order valence-electron chi connectivity index (χ2n) is 5.30. The van der Waals surface area contributed by atoms with Gasteiger partial charge in [0.25, 0.3) is 0 Å². The Morgan fingerprint density at radius 3 is 2.90 bits per heavy atom. The third-order valence-corrected chi connectivity index (χ3v) is 4.00. The van der Waals surface area contributed by atoms with Crippen molar-refractivity contribution in [1.82, 2.24) is 10.3 Å². The van der Waals surface area contributed by atoms with Crippen LogP contribution in [-0.2, 0) is 12.8 Å². The van der Waals surface area contributed by atoms with Crippen molar-refractivity contribution < 1.29 is 4.74 Å². The highest BCUT2D eigenvalue weighted by molar-refractivity contribution is 5.35. The smallest absolute Gasteiger partial charge is 0.122 e. The molecular formula is C17H20N2O. The number of nitrogens with zero attached hydrogens (tertiary/aromatic N) is 1. The van der Waals surface area contributed by atoms with Crippen LogP contribution in [-0.4, -0.2) is 24.7 Å². The molecular weight excluding hydrogens is 248 g/mol. The van der Waals surface area contributed by atoms with Crippen LogP contribution < -0.4 is 10.1 Å². The van der Waals surface area contributed by atoms with E-state index in [4.69, 9.17) is 4.74 Å². The van der Waals surface area contributed by atoms with E-state index in [1.807, 2.05) is 31.4 Å². The van der Waals surface area contributed by atoms with Crippen LogP contribution in [0.5, 0.6) is 5.75 Å². The van der Waals surface area contributed by atoms with E-state index in [2.05, 4.69) is 34.6 Å². The number of benzene rings is 1. The van der Waals surface area contributed by atoms with Crippen molar-refractivity contribution in [2.75, 3.05) is 13.7 Å². The summed E-state index contributed by atoms with van der Waals surface area (Å²) < 4.78 is 5.90. The van der Waals surface area contributed by atoms with Crippen molar-refractivity contribution in [2.24, 2.45) is 5.92 Å². The highest BCUT2D eigenvalue weighted by Gasteiger charge is 2.26. The number of fused-ring (bicyclic) bond motifs is 1. The van der Waals surface area contributed by atoms with E-state index < -0.39 is 0 Å². The molecule has 1 aliphatic rings. The summed E-state index contributed by atoms with van der Waals surface area (Å²) in [6, 6.07) is 14.8. The Labute approximate surface area is 120 Å². The van der Waals surface area contributed by atoms with Crippen molar-refractivity contribution in [2.45, 2.75) is 18.9 Å². The minimum atomic E-state index is 0.387. The Kier molecular flexibility index (Phi) is 3.97. The van der Waals surface area contributed by atoms with E-state index in [1.165, 1.54) is 5.56 Å². The molecule has 0 aliphatic carbocycles. The SMILES string of the molecule is CNC(Cc1ccccn1)C1COc2ccccc2C1. The summed E-state index contributed by atoms with van der Waals surface area (Å²) in [7, 11) is 2.02. The lowest BCUT2D eigenvalue weighted by Crippen LogP contribution is -2.41. The van der Waals surface area contributed by atoms with Gasteiger partial charge in [-0.15, -0.1) is 0 Å². The Hall–Kier alpha value is -1.87. The summed E-state index contributed by atoms with van der Waals surface area (Å²) in [5, 5.41) is 3.43. The first-order valence-corrected chi connectivity index (χ1v) is 7.14. The molecule has 20 heavy (non-hydrogen) atoms. The first-order chi connectivity index (χ1) is 9.86. The third kappa shape index (κ3) is 2.83. The van der Waals surface area contributed by atoms with E-state index in [0.717, 1.165) is 30.9 Å². The average molecular weight is 268 g/mol. The van der Waals surface area contributed by atoms with E-state index >= 15 is 0 Å². The van der Waals surface area contributed by atoms with Gasteiger partial charge in [-0.25, -0.2) is 0 Å². The topological polar surface area (TPSA) is 34.2 Å². The summed E-state index contributed by atoms with van der Waals surface area (Å²) in [4.78, 5) is 4.42. The summed E-state index contributed by atoms with van der Waals surface area (Å²) in [5.41, 5.74) is 2.44. The Balaban J connectivity index is 1.72. The highest BCUT2D eigenvalue weighted by Crippen LogP contribution is 2.28. The zero-order valence-corrected chi connectivity index (χ0v) is 11.8. The molecule has 3 nitrogen and oxygen atoms in total. The fourth-order valence-electron chi connectivity index (χ4n) is 2.86. The van der Waals surface area contributed by atoms with Crippen LogP contribution >= 0.6 is 0 Å². The van der Waals surface area contributed by atoms with Gasteiger partial charge in [-0.1, -0.05) is 24.3 Å². The van der Waals surface area contributed by atoms with Gasteiger partial charge in [0, 0.05) is 30.3 Å². The fourth-order valence-corrected chi connectivity index (χ4v) is 2.86. The molecule has 2 unspecified atom stereocenters. The number of rotatable bonds is 4. The van der Waals surface area contributed by atoms with Crippen molar-refractivity contribution in [3.05, 3.63) is 59.9 Å². The Morgan fingerprint density at radius 2 is 2.10 bits per heavy atom. The number of likely N-dealkylation sites (N-methyl/N-ethyl adjacent to an activating group) is 1. The van der Waals surface area contributed by atoms with Crippen LogP contribution in [0.3, 0.4) is 0 Å². The van der Waals surface area contributed by atoms with Gasteiger partial charge in [0.05, 0.1) is 6.61 Å². The highest BCUT2D eigenvalue weighted by atomic mass is 16.5. The van der Waals surface area contributed by atoms with Crippen LogP contribution in [0.25, 0.3) is 0 Å². The molecule has 3 rings (SSSR count). The normalized spacial score (nSPS) is 18.9. The number of aromatic nitrogens is 1. The van der Waals surface area contributed by atoms with Crippen LogP contribution in [0.4, 0.5) is 0 Å². The lowest BCUT2D eigenvalue weighted by atomic mass is 9.88. The van der Waals surface area contributed by atoms with Crippen molar-refractivity contribution in [3.63, 3.8) is 0 Å². The van der Waals surface area contributed by atoms with Gasteiger partial charge < -0.3 is 10.1 Å². The Morgan fingerprint density at radius 1 is 1.25 bits per heavy atom. The summed E-state index contributed by atoms with van der Waals surface area (Å²) >= 11 is 0. The van der Waals surface area contributed by atoms with Crippen LogP contribution in [0, 0.1) is 5.92 Å². The maximum absolute atomic E-state index is 5.90. The second-order valence-corrected chi connectivity index (χ2v) is 5.30. The van der Waals surface area contributed by atoms with Gasteiger partial charge in [-0.05, 0) is 37.2 Å². The third-order valence-electron chi connectivity index (χ3n) is 4.00. The van der Waals surface area contributed by atoms with E-state index in [0.29, 0.717) is 12.0 Å². The van der Waals surface area contributed by atoms with E-state index in [-0.39, 0.29) is 0 Å². The molecule has 0 bridgehead atoms. The summed E-state index contributed by atoms with van der Waals surface area (Å²) in [5.74, 6) is 1.52. The molecule has 1 aromatic carbocycles. The van der Waals surface area contributed by atoms with Crippen LogP contribution in [0.2, 0.25) is 0 Å². The molecule has 0 saturated carbocycles. The molecule has 2 heterocycles. The molecule has 0 fully saturated rings. The lowest BCUT2D eigenvalue weighted by Gasteiger charge is -2.31. The van der Waals surface area contributed by atoms with Gasteiger partial charge in [-0.2, -0.15) is 0 Å². The maximum Gasteiger partial charge on any atom is 0.122 e. The summed E-state index contributed by atoms with van der Waals surface area (Å²) in [6.45, 7) is 0.773. The lowest BCUT2D eigenvalue weighted by molar-refractivity contribution is 0.186. The minimum Gasteiger partial charge on any atom is -0.493 e. The number of ether oxygens (including phenoxy) is 1. The average Bonchev–Trinajstić information content (AvgIpc) is 2.53. The summed E-state index contributed by atoms with van der Waals surface area (Å²) in [6.07, 6.45) is 3.86. The number of hydrogen-bond acceptors (Lipinski definition) is 3. The standard InChI is InChI=1S/C17H20N2O/c1-18-16(11-15-7-4-5-9-19-15)14-10-13-6-2-3-8-17(13)20-12-14/h2-9,14,16,18H,10-12H2,1H3. The first kappa shape index (κ1) is 13.1. The molecule has 2 atom stereocenters. The zero-order valence-electron chi connectivity index (χ0n) is 11.8. The zero-order chi connectivity index (χ0) is 13.8. The molecule has 0 saturated heterocycles. The Bertz CT molecular complexity index is 556. The first-order valence-electron chi connectivity index (χ1n) is 7.14. The van der Waals surface area contributed by atoms with Crippen molar-refractivity contribution >= 4 is 0 Å². The maximum atomic E-state index is 5.90. The number of para-hydroxylation sites is 1. The van der Waals surface area contributed by atoms with Crippen molar-refractivity contribution in [3.8, 4) is 5.75 Å². The quantitative estimate of drug-likeness (QED) is 0.925. The van der Waals surface area contributed by atoms with Gasteiger partial charge in [0.1, 0.15) is 5.75 Å². The predicted molar refractivity (Wildman–Crippen MR) is 79.9 cm³/mol. The molecule has 1 N–H and O–H groups in total. The van der Waals surface area contributed by atoms with Crippen LogP contribution in [0.1, 0.15) is 11.3 Å². The largest absolute Gasteiger partial charge is 0.493 e. The van der Waals surface area contributed by atoms with Crippen molar-refractivity contribution in [1.29, 1.82) is 0 Å². The molecule has 0 radical (unpaired) electrons. The molecule has 3 heteroatoms. The second kappa shape index (κ2) is 6.06. The van der Waals surface area contributed by atoms with Crippen LogP contribution in [0.15, 0.2) is 48.7 Å². The fraction of sp³-hybridized carbons (Fsp3) is 0.353. The van der Waals surface area contributed by atoms with Gasteiger partial charge in [-0.3, -0.25) is 4.98 Å². The van der Waals surface area contributed by atoms with Gasteiger partial charge in [0.15, 0.2) is 0 Å². The van der Waals surface area contributed by atoms with Gasteiger partial charge in [0.2, 0.25) is 0 Å². The molecule has 104 valence electrons.